The van der Waals surface area contributed by atoms with Gasteiger partial charge in [0.2, 0.25) is 5.91 Å². The van der Waals surface area contributed by atoms with Gasteiger partial charge in [-0.25, -0.2) is 13.8 Å². The molecule has 0 fully saturated rings. The predicted molar refractivity (Wildman–Crippen MR) is 105 cm³/mol. The van der Waals surface area contributed by atoms with Crippen molar-refractivity contribution in [2.75, 3.05) is 0 Å². The highest BCUT2D eigenvalue weighted by Gasteiger charge is 2.27. The van der Waals surface area contributed by atoms with Crippen LogP contribution < -0.4 is 10.6 Å². The number of amides is 2. The summed E-state index contributed by atoms with van der Waals surface area (Å²) in [6.45, 7) is 3.62. The van der Waals surface area contributed by atoms with Crippen molar-refractivity contribution in [3.05, 3.63) is 65.5 Å². The number of para-hydroxylation sites is 2. The van der Waals surface area contributed by atoms with E-state index < -0.39 is 35.1 Å². The van der Waals surface area contributed by atoms with Gasteiger partial charge < -0.3 is 15.2 Å². The zero-order chi connectivity index (χ0) is 21.1. The molecule has 0 aliphatic carbocycles. The van der Waals surface area contributed by atoms with E-state index in [1.807, 2.05) is 35.9 Å². The van der Waals surface area contributed by atoms with Crippen molar-refractivity contribution >= 4 is 22.8 Å². The smallest absolute Gasteiger partial charge is 0.257 e. The molecule has 1 unspecified atom stereocenters. The van der Waals surface area contributed by atoms with Crippen LogP contribution in [0.15, 0.2) is 42.5 Å². The maximum atomic E-state index is 13.9. The minimum absolute atomic E-state index is 0.150. The van der Waals surface area contributed by atoms with E-state index in [0.717, 1.165) is 23.2 Å². The van der Waals surface area contributed by atoms with Gasteiger partial charge in [-0.05, 0) is 30.2 Å². The number of carbonyl (C=O) groups is 2. The average molecular weight is 400 g/mol. The van der Waals surface area contributed by atoms with Crippen molar-refractivity contribution in [1.29, 1.82) is 0 Å². The van der Waals surface area contributed by atoms with E-state index >= 15 is 0 Å². The fraction of sp³-hybridized carbons (Fsp3) is 0.286. The summed E-state index contributed by atoms with van der Waals surface area (Å²) in [7, 11) is 1.85. The van der Waals surface area contributed by atoms with Gasteiger partial charge in [-0.15, -0.1) is 0 Å². The molecule has 0 saturated heterocycles. The summed E-state index contributed by atoms with van der Waals surface area (Å²) in [5, 5.41) is 5.18. The first kappa shape index (κ1) is 20.4. The summed E-state index contributed by atoms with van der Waals surface area (Å²) in [4.78, 5) is 29.5. The monoisotopic (exact) mass is 400 g/mol. The summed E-state index contributed by atoms with van der Waals surface area (Å²) in [5.41, 5.74) is 1.03. The molecular formula is C21H22F2N4O2. The Balaban J connectivity index is 1.72. The summed E-state index contributed by atoms with van der Waals surface area (Å²) in [6, 6.07) is 9.78. The Morgan fingerprint density at radius 3 is 2.34 bits per heavy atom. The minimum Gasteiger partial charge on any atom is -0.347 e. The van der Waals surface area contributed by atoms with Crippen molar-refractivity contribution in [2.24, 2.45) is 13.0 Å². The van der Waals surface area contributed by atoms with Crippen LogP contribution in [0.1, 0.15) is 30.0 Å². The van der Waals surface area contributed by atoms with Crippen molar-refractivity contribution in [2.45, 2.75) is 26.4 Å². The first-order chi connectivity index (χ1) is 13.8. The zero-order valence-electron chi connectivity index (χ0n) is 16.4. The topological polar surface area (TPSA) is 76.0 Å². The standard InChI is InChI=1S/C21H22F2N4O2/c1-12(2)19(26-20(28)18-13(22)7-6-8-14(18)23)21(29)24-11-17-25-15-9-4-5-10-16(15)27(17)3/h4-10,12,19H,11H2,1-3H3,(H,24,29)(H,26,28). The third-order valence-electron chi connectivity index (χ3n) is 4.73. The normalized spacial score (nSPS) is 12.2. The molecule has 6 nitrogen and oxygen atoms in total. The van der Waals surface area contributed by atoms with Crippen LogP contribution in [-0.4, -0.2) is 27.4 Å². The molecule has 2 aromatic carbocycles. The Hall–Kier alpha value is -3.29. The molecule has 0 spiro atoms. The number of fused-ring (bicyclic) bond motifs is 1. The van der Waals surface area contributed by atoms with Gasteiger partial charge >= 0.3 is 0 Å². The van der Waals surface area contributed by atoms with Crippen molar-refractivity contribution in [3.8, 4) is 0 Å². The summed E-state index contributed by atoms with van der Waals surface area (Å²) in [5.74, 6) is -3.05. The van der Waals surface area contributed by atoms with Crippen molar-refractivity contribution in [3.63, 3.8) is 0 Å². The maximum absolute atomic E-state index is 13.9. The lowest BCUT2D eigenvalue weighted by Crippen LogP contribution is -2.50. The van der Waals surface area contributed by atoms with Crippen LogP contribution >= 0.6 is 0 Å². The fourth-order valence-electron chi connectivity index (χ4n) is 3.09. The second kappa shape index (κ2) is 8.38. The van der Waals surface area contributed by atoms with Crippen LogP contribution in [0, 0.1) is 17.6 Å². The number of carbonyl (C=O) groups excluding carboxylic acids is 2. The number of imidazole rings is 1. The molecule has 0 aliphatic heterocycles. The van der Waals surface area contributed by atoms with E-state index in [0.29, 0.717) is 5.82 Å². The Morgan fingerprint density at radius 2 is 1.72 bits per heavy atom. The lowest BCUT2D eigenvalue weighted by molar-refractivity contribution is -0.124. The van der Waals surface area contributed by atoms with E-state index in [4.69, 9.17) is 0 Å². The van der Waals surface area contributed by atoms with Gasteiger partial charge in [0.25, 0.3) is 5.91 Å². The number of hydrogen-bond donors (Lipinski definition) is 2. The Morgan fingerprint density at radius 1 is 1.07 bits per heavy atom. The summed E-state index contributed by atoms with van der Waals surface area (Å²) >= 11 is 0. The highest BCUT2D eigenvalue weighted by Crippen LogP contribution is 2.15. The molecule has 1 heterocycles. The van der Waals surface area contributed by atoms with Gasteiger partial charge in [0, 0.05) is 7.05 Å². The summed E-state index contributed by atoms with van der Waals surface area (Å²) < 4.78 is 29.6. The molecule has 2 amide bonds. The van der Waals surface area contributed by atoms with Gasteiger partial charge in [-0.2, -0.15) is 0 Å². The number of nitrogens with zero attached hydrogens (tertiary/aromatic N) is 2. The SMILES string of the molecule is CC(C)C(NC(=O)c1c(F)cccc1F)C(=O)NCc1nc2ccccc2n1C. The van der Waals surface area contributed by atoms with Gasteiger partial charge in [-0.3, -0.25) is 9.59 Å². The van der Waals surface area contributed by atoms with E-state index in [1.165, 1.54) is 6.07 Å². The van der Waals surface area contributed by atoms with Gasteiger partial charge in [-0.1, -0.05) is 32.0 Å². The van der Waals surface area contributed by atoms with Crippen LogP contribution in [0.3, 0.4) is 0 Å². The Labute approximate surface area is 166 Å². The van der Waals surface area contributed by atoms with Crippen LogP contribution in [0.25, 0.3) is 11.0 Å². The number of aryl methyl sites for hydroxylation is 1. The quantitative estimate of drug-likeness (QED) is 0.668. The predicted octanol–water partition coefficient (Wildman–Crippen LogP) is 2.92. The zero-order valence-corrected chi connectivity index (χ0v) is 16.4. The first-order valence-electron chi connectivity index (χ1n) is 9.22. The van der Waals surface area contributed by atoms with E-state index in [2.05, 4.69) is 15.6 Å². The molecule has 1 atom stereocenters. The molecule has 0 bridgehead atoms. The third-order valence-corrected chi connectivity index (χ3v) is 4.73. The third kappa shape index (κ3) is 4.26. The molecule has 3 rings (SSSR count). The van der Waals surface area contributed by atoms with Gasteiger partial charge in [0.05, 0.1) is 17.6 Å². The molecule has 3 aromatic rings. The second-order valence-corrected chi connectivity index (χ2v) is 7.09. The molecule has 0 aliphatic rings. The molecule has 152 valence electrons. The van der Waals surface area contributed by atoms with E-state index in [9.17, 15) is 18.4 Å². The maximum Gasteiger partial charge on any atom is 0.257 e. The number of halogens is 2. The van der Waals surface area contributed by atoms with E-state index in [1.54, 1.807) is 13.8 Å². The highest BCUT2D eigenvalue weighted by molar-refractivity contribution is 5.98. The Kier molecular flexibility index (Phi) is 5.91. The molecule has 1 aromatic heterocycles. The van der Waals surface area contributed by atoms with Gasteiger partial charge in [0.15, 0.2) is 0 Å². The van der Waals surface area contributed by atoms with Gasteiger partial charge in [0.1, 0.15) is 29.1 Å². The van der Waals surface area contributed by atoms with Crippen LogP contribution in [0.5, 0.6) is 0 Å². The largest absolute Gasteiger partial charge is 0.347 e. The van der Waals surface area contributed by atoms with Crippen LogP contribution in [0.2, 0.25) is 0 Å². The molecule has 0 saturated carbocycles. The van der Waals surface area contributed by atoms with Crippen LogP contribution in [-0.2, 0) is 18.4 Å². The molecular weight excluding hydrogens is 378 g/mol. The first-order valence-corrected chi connectivity index (χ1v) is 9.22. The molecule has 8 heteroatoms. The van der Waals surface area contributed by atoms with Crippen molar-refractivity contribution in [1.82, 2.24) is 20.2 Å². The fourth-order valence-corrected chi connectivity index (χ4v) is 3.09. The average Bonchev–Trinajstić information content (AvgIpc) is 3.00. The molecule has 2 N–H and O–H groups in total. The number of aromatic nitrogens is 2. The van der Waals surface area contributed by atoms with Crippen LogP contribution in [0.4, 0.5) is 8.78 Å². The number of benzene rings is 2. The Bertz CT molecular complexity index is 1040. The number of nitrogens with one attached hydrogen (secondary N) is 2. The molecule has 29 heavy (non-hydrogen) atoms. The lowest BCUT2D eigenvalue weighted by atomic mass is 10.0. The highest BCUT2D eigenvalue weighted by atomic mass is 19.1. The molecule has 0 radical (unpaired) electrons. The lowest BCUT2D eigenvalue weighted by Gasteiger charge is -2.22. The minimum atomic E-state index is -0.981. The summed E-state index contributed by atoms with van der Waals surface area (Å²) in [6.07, 6.45) is 0. The van der Waals surface area contributed by atoms with E-state index in [-0.39, 0.29) is 12.5 Å². The second-order valence-electron chi connectivity index (χ2n) is 7.09. The van der Waals surface area contributed by atoms with Crippen molar-refractivity contribution < 1.29 is 18.4 Å². The number of hydrogen-bond acceptors (Lipinski definition) is 3. The number of rotatable bonds is 6.